The van der Waals surface area contributed by atoms with E-state index in [9.17, 15) is 10.8 Å². The van der Waals surface area contributed by atoms with Gasteiger partial charge in [0.25, 0.3) is 0 Å². The Morgan fingerprint density at radius 2 is 1.29 bits per heavy atom. The Morgan fingerprint density at radius 3 is 1.64 bits per heavy atom. The number of hydrogen-bond acceptors (Lipinski definition) is 2. The molecule has 4 nitrogen and oxygen atoms in total. The molecule has 1 aliphatic heterocycles. The summed E-state index contributed by atoms with van der Waals surface area (Å²) in [6, 6.07) is 0. The third-order valence-electron chi connectivity index (χ3n) is 2.13. The number of allylic oxidation sites excluding steroid dienone is 2. The van der Waals surface area contributed by atoms with E-state index in [1.807, 2.05) is 0 Å². The van der Waals surface area contributed by atoms with E-state index in [1.54, 1.807) is 13.8 Å². The molecule has 0 unspecified atom stereocenters. The molecular weight excluding hydrogens is 273 g/mol. The number of hydrogen-bond donors (Lipinski definition) is 0. The molecule has 6 heteroatoms. The van der Waals surface area contributed by atoms with Crippen LogP contribution in [-0.4, -0.2) is 11.4 Å². The van der Waals surface area contributed by atoms with Gasteiger partial charge in [-0.2, -0.15) is 20.1 Å². The molecule has 0 bridgehead atoms. The summed E-state index contributed by atoms with van der Waals surface area (Å²) in [6.07, 6.45) is 0. The van der Waals surface area contributed by atoms with Crippen molar-refractivity contribution >= 4 is 22.8 Å². The fourth-order valence-electron chi connectivity index (χ4n) is 1.26. The third kappa shape index (κ3) is 1.53. The summed E-state index contributed by atoms with van der Waals surface area (Å²) in [6.45, 7) is 3.41. The Kier molecular flexibility index (Phi) is 3.45. The second kappa shape index (κ2) is 4.08. The number of rotatable bonds is 0. The predicted octanol–water partition coefficient (Wildman–Crippen LogP) is 2.03. The van der Waals surface area contributed by atoms with Gasteiger partial charge in [-0.1, -0.05) is 0 Å². The van der Waals surface area contributed by atoms with Gasteiger partial charge in [-0.25, -0.2) is 0 Å². The Hall–Kier alpha value is -0.256. The maximum absolute atomic E-state index is 9.49. The molecule has 1 aliphatic carbocycles. The van der Waals surface area contributed by atoms with Crippen molar-refractivity contribution in [3.8, 4) is 0 Å². The van der Waals surface area contributed by atoms with Gasteiger partial charge in [-0.05, 0) is 25.0 Å². The van der Waals surface area contributed by atoms with Crippen molar-refractivity contribution in [2.75, 3.05) is 0 Å². The van der Waals surface area contributed by atoms with Crippen molar-refractivity contribution in [1.82, 2.24) is 0 Å². The normalized spacial score (nSPS) is 19.6. The van der Waals surface area contributed by atoms with E-state index in [0.29, 0.717) is 22.5 Å². The minimum Gasteiger partial charge on any atom is -0.805 e. The van der Waals surface area contributed by atoms with Crippen molar-refractivity contribution < 1.29 is 32.7 Å². The zero-order chi connectivity index (χ0) is 9.59. The van der Waals surface area contributed by atoms with Crippen LogP contribution in [0.5, 0.6) is 0 Å². The van der Waals surface area contributed by atoms with E-state index < -0.39 is 0 Å². The molecule has 0 N–H and O–H groups in total. The van der Waals surface area contributed by atoms with E-state index in [-0.39, 0.29) is 44.1 Å². The van der Waals surface area contributed by atoms with Crippen LogP contribution in [0.4, 0.5) is 0 Å². The predicted molar refractivity (Wildman–Crippen MR) is 54.4 cm³/mol. The van der Waals surface area contributed by atoms with Crippen LogP contribution in [0.25, 0.3) is 10.8 Å². The fraction of sp³-hybridized carbons (Fsp3) is 0.250. The van der Waals surface area contributed by atoms with E-state index in [0.717, 1.165) is 11.4 Å². The quantitative estimate of drug-likeness (QED) is 0.609. The number of fused-ring (bicyclic) bond motifs is 1. The summed E-state index contributed by atoms with van der Waals surface area (Å²) in [4.78, 5) is 0. The summed E-state index contributed by atoms with van der Waals surface area (Å²) >= 11 is 1.08. The molecule has 0 aromatic carbocycles. The minimum atomic E-state index is -0.0994. The smallest absolute Gasteiger partial charge is 0.106 e. The molecule has 69 valence electrons. The zero-order valence-corrected chi connectivity index (χ0v) is 11.4. The molecule has 1 radical (unpaired) electrons. The molecule has 1 heterocycles. The van der Waals surface area contributed by atoms with E-state index >= 15 is 0 Å². The van der Waals surface area contributed by atoms with Gasteiger partial charge in [0.15, 0.2) is 0 Å². The standard InChI is InChI=1S/C8H6N4S.Y/c1-3-5(9)6(10)4(2)8-7(3)11-13-12-8;/h1-2H3;/q-2;. The van der Waals surface area contributed by atoms with Gasteiger partial charge in [-0.15, -0.1) is 0 Å². The van der Waals surface area contributed by atoms with E-state index in [4.69, 9.17) is 0 Å². The van der Waals surface area contributed by atoms with Gasteiger partial charge in [0.05, 0.1) is 11.4 Å². The van der Waals surface area contributed by atoms with Gasteiger partial charge in [0.2, 0.25) is 0 Å². The van der Waals surface area contributed by atoms with Gasteiger partial charge in [0.1, 0.15) is 11.4 Å². The summed E-state index contributed by atoms with van der Waals surface area (Å²) in [5, 5.41) is 19.0. The van der Waals surface area contributed by atoms with Crippen molar-refractivity contribution in [2.45, 2.75) is 13.8 Å². The Balaban J connectivity index is 0.000000980. The minimum absolute atomic E-state index is 0. The number of nitrogens with zero attached hydrogens (tertiary/aromatic N) is 4. The first kappa shape index (κ1) is 11.8. The van der Waals surface area contributed by atoms with Crippen molar-refractivity contribution in [2.24, 2.45) is 8.73 Å². The molecule has 0 saturated heterocycles. The third-order valence-corrected chi connectivity index (χ3v) is 2.66. The van der Waals surface area contributed by atoms with Gasteiger partial charge in [0, 0.05) is 32.7 Å². The van der Waals surface area contributed by atoms with Crippen LogP contribution in [0.15, 0.2) is 31.3 Å². The van der Waals surface area contributed by atoms with Crippen LogP contribution in [0, 0.1) is 0 Å². The van der Waals surface area contributed by atoms with Crippen LogP contribution < -0.4 is 0 Å². The average Bonchev–Trinajstić information content (AvgIpc) is 2.59. The van der Waals surface area contributed by atoms with Crippen molar-refractivity contribution in [1.29, 1.82) is 0 Å². The zero-order valence-electron chi connectivity index (χ0n) is 7.77. The van der Waals surface area contributed by atoms with Crippen LogP contribution in [0.3, 0.4) is 0 Å². The molecule has 14 heavy (non-hydrogen) atoms. The average molecular weight is 279 g/mol. The second-order valence-electron chi connectivity index (χ2n) is 2.91. The fourth-order valence-corrected chi connectivity index (χ4v) is 1.91. The summed E-state index contributed by atoms with van der Waals surface area (Å²) < 4.78 is 8.08. The van der Waals surface area contributed by atoms with Gasteiger partial charge < -0.3 is 10.8 Å². The summed E-state index contributed by atoms with van der Waals surface area (Å²) in [7, 11) is 0. The first-order chi connectivity index (χ1) is 6.13. The van der Waals surface area contributed by atoms with Crippen LogP contribution in [0.1, 0.15) is 13.8 Å². The Labute approximate surface area is 111 Å². The SMILES string of the molecule is CC1=C2N=S=NC2=C(C)C(=[N-])C1=[N-].[Y]. The summed E-state index contributed by atoms with van der Waals surface area (Å²) in [5.41, 5.74) is 2.28. The monoisotopic (exact) mass is 279 g/mol. The largest absolute Gasteiger partial charge is 0.805 e. The Bertz CT molecular complexity index is 426. The molecule has 0 amide bonds. The van der Waals surface area contributed by atoms with E-state index in [1.165, 1.54) is 0 Å². The van der Waals surface area contributed by atoms with E-state index in [2.05, 4.69) is 8.73 Å². The van der Waals surface area contributed by atoms with Crippen LogP contribution in [-0.2, 0) is 44.1 Å². The van der Waals surface area contributed by atoms with Gasteiger partial charge in [-0.3, -0.25) is 0 Å². The van der Waals surface area contributed by atoms with Crippen molar-refractivity contribution in [3.63, 3.8) is 0 Å². The van der Waals surface area contributed by atoms with Crippen LogP contribution in [0.2, 0.25) is 0 Å². The maximum Gasteiger partial charge on any atom is 0.106 e. The van der Waals surface area contributed by atoms with Gasteiger partial charge >= 0.3 is 0 Å². The molecule has 0 aromatic rings. The molecule has 2 rings (SSSR count). The summed E-state index contributed by atoms with van der Waals surface area (Å²) in [5.74, 6) is 0. The second-order valence-corrected chi connectivity index (χ2v) is 3.44. The molecule has 0 fully saturated rings. The molecular formula is C8H6N4SY-2. The topological polar surface area (TPSA) is 69.3 Å². The first-order valence-electron chi connectivity index (χ1n) is 3.76. The molecule has 0 atom stereocenters. The van der Waals surface area contributed by atoms with Crippen LogP contribution >= 0.6 is 0 Å². The van der Waals surface area contributed by atoms with Crippen molar-refractivity contribution in [3.05, 3.63) is 33.4 Å². The Morgan fingerprint density at radius 1 is 0.929 bits per heavy atom. The maximum atomic E-state index is 9.49. The molecule has 2 aliphatic rings. The molecule has 0 spiro atoms. The molecule has 0 saturated carbocycles. The molecule has 0 aromatic heterocycles. The first-order valence-corrected chi connectivity index (χ1v) is 4.49.